The summed E-state index contributed by atoms with van der Waals surface area (Å²) in [7, 11) is -3.47. The number of sulfonamides is 1. The van der Waals surface area contributed by atoms with Crippen molar-refractivity contribution < 1.29 is 13.2 Å². The lowest BCUT2D eigenvalue weighted by Gasteiger charge is -2.35. The Hall–Kier alpha value is -2.88. The average Bonchev–Trinajstić information content (AvgIpc) is 2.74. The van der Waals surface area contributed by atoms with Gasteiger partial charge in [-0.25, -0.2) is 23.2 Å². The highest BCUT2D eigenvalue weighted by molar-refractivity contribution is 7.92. The zero-order chi connectivity index (χ0) is 22.4. The third-order valence-electron chi connectivity index (χ3n) is 5.10. The van der Waals surface area contributed by atoms with Crippen LogP contribution in [0.4, 0.5) is 22.1 Å². The van der Waals surface area contributed by atoms with E-state index in [1.165, 1.54) is 18.0 Å². The van der Waals surface area contributed by atoms with Gasteiger partial charge in [0, 0.05) is 44.3 Å². The molecule has 168 valence electrons. The Balaban J connectivity index is 1.60. The molecular formula is C21H30N6O3S. The molecule has 0 bridgehead atoms. The maximum Gasteiger partial charge on any atom is 0.321 e. The van der Waals surface area contributed by atoms with Crippen molar-refractivity contribution in [2.24, 2.45) is 0 Å². The summed E-state index contributed by atoms with van der Waals surface area (Å²) in [6.45, 7) is 8.11. The second-order valence-electron chi connectivity index (χ2n) is 7.83. The minimum absolute atomic E-state index is 0.0229. The van der Waals surface area contributed by atoms with E-state index in [-0.39, 0.29) is 17.6 Å². The van der Waals surface area contributed by atoms with Gasteiger partial charge >= 0.3 is 6.03 Å². The summed E-state index contributed by atoms with van der Waals surface area (Å²) < 4.78 is 26.8. The molecule has 0 unspecified atom stereocenters. The predicted molar refractivity (Wildman–Crippen MR) is 123 cm³/mol. The summed E-state index contributed by atoms with van der Waals surface area (Å²) in [5.41, 5.74) is 1.99. The topological polar surface area (TPSA) is 108 Å². The Morgan fingerprint density at radius 2 is 1.71 bits per heavy atom. The summed E-state index contributed by atoms with van der Waals surface area (Å²) >= 11 is 0. The third kappa shape index (κ3) is 6.06. The lowest BCUT2D eigenvalue weighted by atomic mass is 10.0. The molecule has 31 heavy (non-hydrogen) atoms. The van der Waals surface area contributed by atoms with Crippen molar-refractivity contribution in [2.45, 2.75) is 33.1 Å². The van der Waals surface area contributed by atoms with Crippen LogP contribution in [-0.4, -0.2) is 61.2 Å². The fraction of sp³-hybridized carbons (Fsp3) is 0.476. The first-order valence-corrected chi connectivity index (χ1v) is 12.2. The minimum atomic E-state index is -3.47. The van der Waals surface area contributed by atoms with Crippen molar-refractivity contribution in [1.82, 2.24) is 14.9 Å². The second-order valence-corrected chi connectivity index (χ2v) is 9.67. The molecule has 2 aromatic rings. The third-order valence-corrected chi connectivity index (χ3v) is 6.55. The lowest BCUT2D eigenvalue weighted by molar-refractivity contribution is 0.208. The number of aromatic nitrogens is 2. The molecule has 1 saturated heterocycles. The van der Waals surface area contributed by atoms with E-state index < -0.39 is 10.0 Å². The first-order chi connectivity index (χ1) is 14.8. The number of urea groups is 1. The van der Waals surface area contributed by atoms with Gasteiger partial charge in [0.15, 0.2) is 11.6 Å². The van der Waals surface area contributed by atoms with Crippen molar-refractivity contribution >= 4 is 33.4 Å². The van der Waals surface area contributed by atoms with E-state index in [1.54, 1.807) is 11.8 Å². The van der Waals surface area contributed by atoms with Crippen molar-refractivity contribution in [2.75, 3.05) is 46.9 Å². The summed E-state index contributed by atoms with van der Waals surface area (Å²) in [6, 6.07) is 7.72. The van der Waals surface area contributed by atoms with Crippen LogP contribution in [0.3, 0.4) is 0 Å². The lowest BCUT2D eigenvalue weighted by Crippen LogP contribution is -2.50. The van der Waals surface area contributed by atoms with Crippen LogP contribution in [0.5, 0.6) is 0 Å². The van der Waals surface area contributed by atoms with E-state index in [0.717, 1.165) is 5.69 Å². The van der Waals surface area contributed by atoms with Gasteiger partial charge in [-0.3, -0.25) is 4.72 Å². The monoisotopic (exact) mass is 446 g/mol. The molecule has 1 aromatic heterocycles. The summed E-state index contributed by atoms with van der Waals surface area (Å²) in [5.74, 6) is 1.16. The summed E-state index contributed by atoms with van der Waals surface area (Å²) in [6.07, 6.45) is 3.51. The summed E-state index contributed by atoms with van der Waals surface area (Å²) in [4.78, 5) is 24.8. The first kappa shape index (κ1) is 22.8. The smallest absolute Gasteiger partial charge is 0.321 e. The Labute approximate surface area is 183 Å². The van der Waals surface area contributed by atoms with Crippen LogP contribution in [0.2, 0.25) is 0 Å². The van der Waals surface area contributed by atoms with Crippen molar-refractivity contribution in [3.8, 4) is 0 Å². The maximum absolute atomic E-state index is 12.6. The standard InChI is InChI=1S/C21H30N6O3S/c1-4-15-31(29,30)25-19-20(23-10-9-22-19)26-11-13-27(14-12-26)21(28)24-18-7-5-17(6-8-18)16(2)3/h5-10,16H,4,11-15H2,1-3H3,(H,22,25)(H,24,28). The Bertz CT molecular complexity index is 986. The molecule has 2 heterocycles. The predicted octanol–water partition coefficient (Wildman–Crippen LogP) is 3.11. The Morgan fingerprint density at radius 1 is 1.06 bits per heavy atom. The van der Waals surface area contributed by atoms with Gasteiger partial charge in [-0.2, -0.15) is 0 Å². The van der Waals surface area contributed by atoms with Crippen LogP contribution in [0.15, 0.2) is 36.7 Å². The molecule has 2 N–H and O–H groups in total. The number of nitrogens with one attached hydrogen (secondary N) is 2. The largest absolute Gasteiger partial charge is 0.350 e. The molecule has 0 atom stereocenters. The van der Waals surface area contributed by atoms with Gasteiger partial charge in [0.05, 0.1) is 5.75 Å². The molecule has 0 spiro atoms. The number of piperazine rings is 1. The van der Waals surface area contributed by atoms with Crippen LogP contribution in [0.1, 0.15) is 38.7 Å². The molecule has 9 nitrogen and oxygen atoms in total. The van der Waals surface area contributed by atoms with Gasteiger partial charge in [0.2, 0.25) is 10.0 Å². The molecule has 0 saturated carbocycles. The number of carbonyl (C=O) groups excluding carboxylic acids is 1. The number of amides is 2. The fourth-order valence-corrected chi connectivity index (χ4v) is 4.45. The molecule has 1 aliphatic rings. The number of nitrogens with zero attached hydrogens (tertiary/aromatic N) is 4. The average molecular weight is 447 g/mol. The van der Waals surface area contributed by atoms with Crippen LogP contribution < -0.4 is 14.9 Å². The van der Waals surface area contributed by atoms with E-state index in [9.17, 15) is 13.2 Å². The Kier molecular flexibility index (Phi) is 7.32. The van der Waals surface area contributed by atoms with Crippen molar-refractivity contribution in [1.29, 1.82) is 0 Å². The number of rotatable bonds is 7. The molecule has 1 fully saturated rings. The first-order valence-electron chi connectivity index (χ1n) is 10.5. The van der Waals surface area contributed by atoms with Crippen LogP contribution in [0, 0.1) is 0 Å². The maximum atomic E-state index is 12.6. The Morgan fingerprint density at radius 3 is 2.32 bits per heavy atom. The van der Waals surface area contributed by atoms with Crippen LogP contribution >= 0.6 is 0 Å². The normalized spacial score (nSPS) is 14.6. The second kappa shape index (κ2) is 9.95. The number of carbonyl (C=O) groups is 1. The quantitative estimate of drug-likeness (QED) is 0.677. The fourth-order valence-electron chi connectivity index (χ4n) is 3.38. The van der Waals surface area contributed by atoms with Gasteiger partial charge in [0.25, 0.3) is 0 Å². The molecule has 1 aliphatic heterocycles. The van der Waals surface area contributed by atoms with Crippen LogP contribution in [-0.2, 0) is 10.0 Å². The van der Waals surface area contributed by atoms with E-state index >= 15 is 0 Å². The number of hydrogen-bond acceptors (Lipinski definition) is 6. The highest BCUT2D eigenvalue weighted by Gasteiger charge is 2.25. The zero-order valence-corrected chi connectivity index (χ0v) is 19.0. The molecule has 10 heteroatoms. The van der Waals surface area contributed by atoms with Gasteiger partial charge in [-0.1, -0.05) is 32.9 Å². The highest BCUT2D eigenvalue weighted by Crippen LogP contribution is 2.23. The van der Waals surface area contributed by atoms with Crippen molar-refractivity contribution in [3.63, 3.8) is 0 Å². The number of anilines is 3. The molecule has 1 aromatic carbocycles. The highest BCUT2D eigenvalue weighted by atomic mass is 32.2. The molecule has 0 aliphatic carbocycles. The molecule has 2 amide bonds. The number of hydrogen-bond donors (Lipinski definition) is 2. The van der Waals surface area contributed by atoms with Gasteiger partial charge in [0.1, 0.15) is 0 Å². The van der Waals surface area contributed by atoms with E-state index in [1.807, 2.05) is 29.2 Å². The molecular weight excluding hydrogens is 416 g/mol. The SMILES string of the molecule is CCCS(=O)(=O)Nc1nccnc1N1CCN(C(=O)Nc2ccc(C(C)C)cc2)CC1. The van der Waals surface area contributed by atoms with E-state index in [4.69, 9.17) is 0 Å². The van der Waals surface area contributed by atoms with E-state index in [2.05, 4.69) is 33.9 Å². The van der Waals surface area contributed by atoms with E-state index in [0.29, 0.717) is 44.3 Å². The summed E-state index contributed by atoms with van der Waals surface area (Å²) in [5, 5.41) is 2.94. The van der Waals surface area contributed by atoms with Crippen molar-refractivity contribution in [3.05, 3.63) is 42.2 Å². The molecule has 3 rings (SSSR count). The number of benzene rings is 1. The molecule has 0 radical (unpaired) electrons. The minimum Gasteiger partial charge on any atom is -0.350 e. The van der Waals surface area contributed by atoms with Gasteiger partial charge in [-0.15, -0.1) is 0 Å². The van der Waals surface area contributed by atoms with Gasteiger partial charge < -0.3 is 15.1 Å². The van der Waals surface area contributed by atoms with Crippen LogP contribution in [0.25, 0.3) is 0 Å². The zero-order valence-electron chi connectivity index (χ0n) is 18.2. The van der Waals surface area contributed by atoms with Gasteiger partial charge in [-0.05, 0) is 30.0 Å².